The maximum atomic E-state index is 13.5. The van der Waals surface area contributed by atoms with Gasteiger partial charge in [-0.1, -0.05) is 42.5 Å². The van der Waals surface area contributed by atoms with E-state index in [1.165, 1.54) is 12.1 Å². The molecule has 1 aliphatic carbocycles. The van der Waals surface area contributed by atoms with E-state index in [0.717, 1.165) is 11.3 Å². The van der Waals surface area contributed by atoms with Crippen molar-refractivity contribution in [3.8, 4) is 6.07 Å². The van der Waals surface area contributed by atoms with Gasteiger partial charge in [-0.3, -0.25) is 9.80 Å². The van der Waals surface area contributed by atoms with E-state index in [1.807, 2.05) is 44.4 Å². The largest absolute Gasteiger partial charge is 0.383 e. The molecule has 0 aromatic heterocycles. The van der Waals surface area contributed by atoms with Gasteiger partial charge in [-0.05, 0) is 35.6 Å². The molecule has 0 unspecified atom stereocenters. The van der Waals surface area contributed by atoms with E-state index in [4.69, 9.17) is 5.73 Å². The minimum absolute atomic E-state index is 0.00784. The molecule has 4 rings (SSSR count). The van der Waals surface area contributed by atoms with E-state index in [0.29, 0.717) is 35.4 Å². The maximum absolute atomic E-state index is 13.5. The molecule has 6 heteroatoms. The molecule has 0 saturated carbocycles. The van der Waals surface area contributed by atoms with Crippen LogP contribution < -0.4 is 5.73 Å². The van der Waals surface area contributed by atoms with Gasteiger partial charge in [0.25, 0.3) is 0 Å². The summed E-state index contributed by atoms with van der Waals surface area (Å²) >= 11 is 0. The lowest BCUT2D eigenvalue weighted by atomic mass is 9.72. The first kappa shape index (κ1) is 19.9. The number of carbonyl (C=O) groups is 1. The molecule has 2 aliphatic rings. The minimum Gasteiger partial charge on any atom is -0.383 e. The van der Waals surface area contributed by atoms with Crippen molar-refractivity contribution in [2.45, 2.75) is 24.7 Å². The third-order valence-electron chi connectivity index (χ3n) is 5.81. The number of carbonyl (C=O) groups excluding carboxylic acids is 1. The van der Waals surface area contributed by atoms with Gasteiger partial charge in [-0.25, -0.2) is 9.40 Å². The van der Waals surface area contributed by atoms with Gasteiger partial charge >= 0.3 is 0 Å². The van der Waals surface area contributed by atoms with Gasteiger partial charge in [0.1, 0.15) is 11.6 Å². The van der Waals surface area contributed by atoms with Gasteiger partial charge in [0.2, 0.25) is 0 Å². The highest BCUT2D eigenvalue weighted by Gasteiger charge is 2.43. The van der Waals surface area contributed by atoms with Gasteiger partial charge in [0.05, 0.1) is 17.6 Å². The average molecular weight is 402 g/mol. The summed E-state index contributed by atoms with van der Waals surface area (Å²) in [6.07, 6.45) is 0.987. The summed E-state index contributed by atoms with van der Waals surface area (Å²) in [6.45, 7) is 0. The summed E-state index contributed by atoms with van der Waals surface area (Å²) in [5.74, 6) is -0.631. The van der Waals surface area contributed by atoms with Crippen LogP contribution in [0.1, 0.15) is 35.8 Å². The van der Waals surface area contributed by atoms with Crippen LogP contribution in [0.4, 0.5) is 4.39 Å². The Morgan fingerprint density at radius 1 is 1.07 bits per heavy atom. The standard InChI is InChI=1S/C24H23FN4O/c1-28(2)29-20-12-17(15-6-4-3-5-7-15)13-21(30)23(20)22(19(14-26)24(29)27)16-8-10-18(25)11-9-16/h3-11,17,22H,12-13,27H2,1-2H3/t17-,22+/m0/s1. The van der Waals surface area contributed by atoms with E-state index in [1.54, 1.807) is 22.2 Å². The second kappa shape index (κ2) is 7.77. The third-order valence-corrected chi connectivity index (χ3v) is 5.81. The number of rotatable bonds is 3. The Labute approximate surface area is 175 Å². The zero-order chi connectivity index (χ0) is 21.4. The van der Waals surface area contributed by atoms with Crippen LogP contribution in [0.25, 0.3) is 0 Å². The summed E-state index contributed by atoms with van der Waals surface area (Å²) in [5.41, 5.74) is 9.92. The normalized spacial score (nSPS) is 21.7. The molecule has 5 nitrogen and oxygen atoms in total. The molecule has 0 bridgehead atoms. The van der Waals surface area contributed by atoms with Crippen LogP contribution in [-0.2, 0) is 4.79 Å². The van der Waals surface area contributed by atoms with Crippen LogP contribution in [0, 0.1) is 17.1 Å². The van der Waals surface area contributed by atoms with E-state index in [9.17, 15) is 14.4 Å². The molecule has 1 aliphatic heterocycles. The van der Waals surface area contributed by atoms with Crippen molar-refractivity contribution in [3.05, 3.63) is 94.2 Å². The highest BCUT2D eigenvalue weighted by molar-refractivity contribution is 6.00. The van der Waals surface area contributed by atoms with Crippen LogP contribution in [-0.4, -0.2) is 29.9 Å². The number of halogens is 1. The summed E-state index contributed by atoms with van der Waals surface area (Å²) in [6, 6.07) is 18.1. The van der Waals surface area contributed by atoms with Crippen LogP contribution in [0.5, 0.6) is 0 Å². The van der Waals surface area contributed by atoms with Crippen molar-refractivity contribution < 1.29 is 9.18 Å². The summed E-state index contributed by atoms with van der Waals surface area (Å²) in [4.78, 5) is 13.4. The first-order chi connectivity index (χ1) is 14.4. The van der Waals surface area contributed by atoms with Crippen molar-refractivity contribution >= 4 is 5.78 Å². The second-order valence-corrected chi connectivity index (χ2v) is 7.85. The fourth-order valence-electron chi connectivity index (χ4n) is 4.52. The van der Waals surface area contributed by atoms with Crippen molar-refractivity contribution in [3.63, 3.8) is 0 Å². The number of benzene rings is 2. The number of allylic oxidation sites excluding steroid dienone is 3. The molecule has 30 heavy (non-hydrogen) atoms. The highest BCUT2D eigenvalue weighted by atomic mass is 19.1. The third kappa shape index (κ3) is 3.27. The summed E-state index contributed by atoms with van der Waals surface area (Å²) in [5, 5.41) is 13.5. The lowest BCUT2D eigenvalue weighted by Crippen LogP contribution is -2.46. The van der Waals surface area contributed by atoms with Crippen LogP contribution in [0.3, 0.4) is 0 Å². The molecular weight excluding hydrogens is 379 g/mol. The van der Waals surface area contributed by atoms with E-state index in [-0.39, 0.29) is 17.5 Å². The lowest BCUT2D eigenvalue weighted by Gasteiger charge is -2.43. The Morgan fingerprint density at radius 2 is 1.73 bits per heavy atom. The van der Waals surface area contributed by atoms with Crippen molar-refractivity contribution in [2.24, 2.45) is 5.73 Å². The molecule has 2 atom stereocenters. The predicted octanol–water partition coefficient (Wildman–Crippen LogP) is 3.80. The first-order valence-electron chi connectivity index (χ1n) is 9.86. The molecule has 2 aromatic carbocycles. The van der Waals surface area contributed by atoms with E-state index >= 15 is 0 Å². The predicted molar refractivity (Wildman–Crippen MR) is 112 cm³/mol. The quantitative estimate of drug-likeness (QED) is 0.846. The molecule has 2 aromatic rings. The number of Topliss-reactive ketones (excluding diaryl/α,β-unsaturated/α-hetero) is 1. The Kier molecular flexibility index (Phi) is 5.15. The topological polar surface area (TPSA) is 73.4 Å². The van der Waals surface area contributed by atoms with Gasteiger partial charge in [-0.2, -0.15) is 5.26 Å². The Balaban J connectivity index is 1.89. The Bertz CT molecular complexity index is 1080. The molecule has 2 N–H and O–H groups in total. The molecule has 1 heterocycles. The van der Waals surface area contributed by atoms with Crippen LogP contribution >= 0.6 is 0 Å². The number of nitrogens with zero attached hydrogens (tertiary/aromatic N) is 3. The number of hydrazine groups is 1. The lowest BCUT2D eigenvalue weighted by molar-refractivity contribution is -0.117. The van der Waals surface area contributed by atoms with Gasteiger partial charge in [-0.15, -0.1) is 0 Å². The smallest absolute Gasteiger partial charge is 0.162 e. The van der Waals surface area contributed by atoms with E-state index in [2.05, 4.69) is 6.07 Å². The van der Waals surface area contributed by atoms with Crippen molar-refractivity contribution in [1.29, 1.82) is 5.26 Å². The minimum atomic E-state index is -0.592. The molecule has 0 spiro atoms. The molecular formula is C24H23FN4O. The molecule has 0 saturated heterocycles. The van der Waals surface area contributed by atoms with Crippen LogP contribution in [0.2, 0.25) is 0 Å². The molecule has 0 amide bonds. The van der Waals surface area contributed by atoms with Crippen molar-refractivity contribution in [1.82, 2.24) is 10.0 Å². The fraction of sp³-hybridized carbons (Fsp3) is 0.250. The number of nitrogens with two attached hydrogens (primary N) is 1. The SMILES string of the molecule is CN(C)N1C(N)=C(C#N)[C@@H](c2ccc(F)cc2)C2=C1C[C@H](c1ccccc1)CC2=O. The summed E-state index contributed by atoms with van der Waals surface area (Å²) in [7, 11) is 3.67. The van der Waals surface area contributed by atoms with Gasteiger partial charge in [0, 0.05) is 31.8 Å². The number of hydrogen-bond acceptors (Lipinski definition) is 5. The Hall–Kier alpha value is -3.43. The highest BCUT2D eigenvalue weighted by Crippen LogP contribution is 2.47. The number of hydrogen-bond donors (Lipinski definition) is 1. The first-order valence-corrected chi connectivity index (χ1v) is 9.86. The van der Waals surface area contributed by atoms with Gasteiger partial charge < -0.3 is 5.73 Å². The van der Waals surface area contributed by atoms with E-state index < -0.39 is 5.92 Å². The molecule has 0 radical (unpaired) electrons. The summed E-state index contributed by atoms with van der Waals surface area (Å²) < 4.78 is 13.5. The fourth-order valence-corrected chi connectivity index (χ4v) is 4.52. The Morgan fingerprint density at radius 3 is 2.33 bits per heavy atom. The van der Waals surface area contributed by atoms with Crippen molar-refractivity contribution in [2.75, 3.05) is 14.1 Å². The average Bonchev–Trinajstić information content (AvgIpc) is 2.73. The zero-order valence-corrected chi connectivity index (χ0v) is 17.0. The number of nitriles is 1. The monoisotopic (exact) mass is 402 g/mol. The molecule has 152 valence electrons. The second-order valence-electron chi connectivity index (χ2n) is 7.85. The maximum Gasteiger partial charge on any atom is 0.162 e. The number of ketones is 1. The van der Waals surface area contributed by atoms with Gasteiger partial charge in [0.15, 0.2) is 5.78 Å². The van der Waals surface area contributed by atoms with Crippen LogP contribution in [0.15, 0.2) is 77.3 Å². The zero-order valence-electron chi connectivity index (χ0n) is 17.0. The molecule has 0 fully saturated rings.